The molecule has 13 nitrogen and oxygen atoms in total. The number of carbonyl (C=O) groups excluding carboxylic acids is 4. The van der Waals surface area contributed by atoms with Crippen LogP contribution in [0.5, 0.6) is 5.75 Å². The molecule has 4 bridgehead atoms. The van der Waals surface area contributed by atoms with E-state index in [-0.39, 0.29) is 30.2 Å². The first-order valence-corrected chi connectivity index (χ1v) is 17.8. The maximum absolute atomic E-state index is 14.1. The second kappa shape index (κ2) is 15.7. The van der Waals surface area contributed by atoms with E-state index >= 15 is 0 Å². The lowest BCUT2D eigenvalue weighted by Gasteiger charge is -2.43. The molecule has 3 amide bonds. The Kier molecular flexibility index (Phi) is 12.5. The number of alkyl carbamates (subject to hydrolysis) is 1. The molecule has 3 aliphatic rings. The number of epoxide rings is 1. The minimum Gasteiger partial charge on any atom is -0.495 e. The third kappa shape index (κ3) is 8.20. The van der Waals surface area contributed by atoms with E-state index in [4.69, 9.17) is 35.3 Å². The Morgan fingerprint density at radius 1 is 1.24 bits per heavy atom. The molecule has 4 rings (SSSR count). The third-order valence-electron chi connectivity index (χ3n) is 10.7. The Balaban J connectivity index is 1.82. The Bertz CT molecular complexity index is 1590. The second-order valence-corrected chi connectivity index (χ2v) is 14.7. The van der Waals surface area contributed by atoms with Crippen molar-refractivity contribution in [1.82, 2.24) is 10.2 Å². The van der Waals surface area contributed by atoms with Crippen molar-refractivity contribution in [3.63, 3.8) is 0 Å². The maximum atomic E-state index is 14.1. The molecule has 51 heavy (non-hydrogen) atoms. The molecule has 2 fully saturated rings. The molecule has 2 saturated heterocycles. The lowest BCUT2D eigenvalue weighted by Crippen LogP contribution is -2.64. The van der Waals surface area contributed by atoms with Gasteiger partial charge in [0.05, 0.1) is 19.2 Å². The van der Waals surface area contributed by atoms with E-state index in [0.717, 1.165) is 11.1 Å². The molecular formula is C36H50ClN3O10S. The Morgan fingerprint density at radius 3 is 2.55 bits per heavy atom. The first kappa shape index (κ1) is 40.5. The Hall–Kier alpha value is -3.30. The normalized spacial score (nSPS) is 33.4. The minimum absolute atomic E-state index is 0.0637. The average molecular weight is 752 g/mol. The number of halogens is 1. The lowest BCUT2D eigenvalue weighted by atomic mass is 9.76. The van der Waals surface area contributed by atoms with Crippen molar-refractivity contribution in [3.8, 4) is 5.75 Å². The zero-order chi connectivity index (χ0) is 38.1. The zero-order valence-electron chi connectivity index (χ0n) is 30.7. The van der Waals surface area contributed by atoms with E-state index in [1.807, 2.05) is 13.0 Å². The van der Waals surface area contributed by atoms with Crippen molar-refractivity contribution >= 4 is 53.8 Å². The number of esters is 1. The summed E-state index contributed by atoms with van der Waals surface area (Å²) in [4.78, 5) is 56.0. The zero-order valence-corrected chi connectivity index (χ0v) is 32.3. The summed E-state index contributed by atoms with van der Waals surface area (Å²) in [7, 11) is 5.99. The summed E-state index contributed by atoms with van der Waals surface area (Å²) in [6.07, 6.45) is 1.63. The number of thiol groups is 1. The number of hydrogen-bond acceptors (Lipinski definition) is 11. The van der Waals surface area contributed by atoms with Crippen LogP contribution in [0.1, 0.15) is 59.4 Å². The van der Waals surface area contributed by atoms with Crippen LogP contribution in [0.15, 0.2) is 35.9 Å². The maximum Gasteiger partial charge on any atom is 0.409 e. The summed E-state index contributed by atoms with van der Waals surface area (Å²) < 4.78 is 29.4. The van der Waals surface area contributed by atoms with Gasteiger partial charge >= 0.3 is 12.1 Å². The highest BCUT2D eigenvalue weighted by molar-refractivity contribution is 7.80. The Morgan fingerprint density at radius 2 is 1.92 bits per heavy atom. The largest absolute Gasteiger partial charge is 0.495 e. The van der Waals surface area contributed by atoms with Gasteiger partial charge in [-0.2, -0.15) is 12.6 Å². The van der Waals surface area contributed by atoms with Crippen LogP contribution < -0.4 is 15.0 Å². The summed E-state index contributed by atoms with van der Waals surface area (Å²) >= 11 is 10.9. The van der Waals surface area contributed by atoms with E-state index in [2.05, 4.69) is 17.9 Å². The number of fused-ring (bicyclic) bond motifs is 5. The smallest absolute Gasteiger partial charge is 0.409 e. The molecule has 0 spiro atoms. The van der Waals surface area contributed by atoms with Gasteiger partial charge in [-0.1, -0.05) is 42.3 Å². The van der Waals surface area contributed by atoms with Crippen molar-refractivity contribution in [2.75, 3.05) is 39.0 Å². The predicted octanol–water partition coefficient (Wildman–Crippen LogP) is 4.22. The van der Waals surface area contributed by atoms with E-state index in [9.17, 15) is 24.3 Å². The highest BCUT2D eigenvalue weighted by Crippen LogP contribution is 2.58. The van der Waals surface area contributed by atoms with Crippen LogP contribution in [-0.4, -0.2) is 109 Å². The van der Waals surface area contributed by atoms with Gasteiger partial charge in [0.1, 0.15) is 46.3 Å². The molecule has 8 atom stereocenters. The number of benzene rings is 1. The van der Waals surface area contributed by atoms with E-state index in [1.165, 1.54) is 38.0 Å². The lowest BCUT2D eigenvalue weighted by molar-refractivity contribution is -0.162. The van der Waals surface area contributed by atoms with Crippen molar-refractivity contribution in [1.29, 1.82) is 0 Å². The van der Waals surface area contributed by atoms with Crippen LogP contribution in [0.2, 0.25) is 5.02 Å². The van der Waals surface area contributed by atoms with Crippen LogP contribution in [0.25, 0.3) is 0 Å². The fraction of sp³-hybridized carbons (Fsp3) is 0.611. The summed E-state index contributed by atoms with van der Waals surface area (Å²) in [6.45, 7) is 8.77. The summed E-state index contributed by atoms with van der Waals surface area (Å²) in [6, 6.07) is 2.59. The van der Waals surface area contributed by atoms with Crippen LogP contribution in [-0.2, 0) is 39.8 Å². The van der Waals surface area contributed by atoms with Crippen molar-refractivity contribution in [2.45, 2.75) is 102 Å². The van der Waals surface area contributed by atoms with Gasteiger partial charge < -0.3 is 38.6 Å². The number of rotatable bonds is 7. The number of allylic oxidation sites excluding steroid dienone is 3. The number of carbonyl (C=O) groups is 4. The van der Waals surface area contributed by atoms with Gasteiger partial charge in [-0.05, 0) is 57.6 Å². The molecule has 0 aromatic heterocycles. The van der Waals surface area contributed by atoms with E-state index in [0.29, 0.717) is 23.6 Å². The molecule has 3 aliphatic heterocycles. The molecule has 15 heteroatoms. The van der Waals surface area contributed by atoms with Gasteiger partial charge in [-0.25, -0.2) is 9.59 Å². The fourth-order valence-electron chi connectivity index (χ4n) is 6.84. The van der Waals surface area contributed by atoms with Gasteiger partial charge in [0.2, 0.25) is 11.8 Å². The molecule has 0 unspecified atom stereocenters. The molecule has 1 aromatic carbocycles. The van der Waals surface area contributed by atoms with Gasteiger partial charge in [-0.15, -0.1) is 0 Å². The van der Waals surface area contributed by atoms with E-state index < -0.39 is 65.2 Å². The summed E-state index contributed by atoms with van der Waals surface area (Å²) in [5, 5.41) is 14.5. The number of aliphatic hydroxyl groups is 1. The number of nitrogens with zero attached hydrogens (tertiary/aromatic N) is 2. The van der Waals surface area contributed by atoms with Crippen LogP contribution in [0, 0.1) is 5.92 Å². The number of hydrogen-bond donors (Lipinski definition) is 3. The van der Waals surface area contributed by atoms with Crippen molar-refractivity contribution in [2.24, 2.45) is 5.92 Å². The number of anilines is 1. The minimum atomic E-state index is -1.84. The Labute approximate surface area is 310 Å². The predicted molar refractivity (Wildman–Crippen MR) is 194 cm³/mol. The van der Waals surface area contributed by atoms with Crippen molar-refractivity contribution < 1.29 is 48.0 Å². The topological polar surface area (TPSA) is 156 Å². The molecule has 0 aliphatic carbocycles. The van der Waals surface area contributed by atoms with E-state index in [1.54, 1.807) is 52.1 Å². The summed E-state index contributed by atoms with van der Waals surface area (Å²) in [5.41, 5.74) is -2.10. The van der Waals surface area contributed by atoms with Gasteiger partial charge in [0, 0.05) is 40.0 Å². The molecule has 282 valence electrons. The fourth-order valence-corrected chi connectivity index (χ4v) is 7.34. The molecule has 2 N–H and O–H groups in total. The van der Waals surface area contributed by atoms with Crippen LogP contribution >= 0.6 is 24.2 Å². The molecule has 0 saturated carbocycles. The summed E-state index contributed by atoms with van der Waals surface area (Å²) in [5.74, 6) is -1.38. The number of nitrogens with one attached hydrogen (secondary N) is 1. The van der Waals surface area contributed by atoms with Crippen molar-refractivity contribution in [3.05, 3.63) is 46.5 Å². The van der Waals surface area contributed by atoms with Gasteiger partial charge in [0.25, 0.3) is 0 Å². The SMILES string of the molecule is COc1cc2cc(c1Cl)N(C)C(=O)C[C@H](OC(=O)[C@@H](C)N(C)C(=O)CCS)[C@]1(C)O[C@@]1(C)[C@H](C)[C@@H]1C[C@@](O)(NC(=O)O1)[C@H](OC)/C=C/C=C(\C)C2. The highest BCUT2D eigenvalue weighted by Gasteiger charge is 2.73. The van der Waals surface area contributed by atoms with Crippen LogP contribution in [0.4, 0.5) is 10.5 Å². The number of amides is 3. The average Bonchev–Trinajstić information content (AvgIpc) is 3.66. The third-order valence-corrected chi connectivity index (χ3v) is 11.3. The molecule has 0 radical (unpaired) electrons. The monoisotopic (exact) mass is 751 g/mol. The molecule has 1 aromatic rings. The van der Waals surface area contributed by atoms with Gasteiger partial charge in [0.15, 0.2) is 5.72 Å². The first-order chi connectivity index (χ1) is 23.8. The second-order valence-electron chi connectivity index (χ2n) is 13.9. The standard InChI is InChI=1S/C36H50ClN3O10S/c1-20-11-10-12-27(47-9)36(45)19-26(48-33(44)38-36)21(2)34(4)35(5,50-34)28(49-32(43)22(3)39(6)29(41)13-14-51)18-30(42)40(7)24-16-23(15-20)17-25(46-8)31(24)37/h10-12,16-17,21-22,26-28,45,51H,13-15,18-19H2,1-9H3,(H,38,44)/b12-10+,20-11+/t21-,22-,26+,27-,28+,34+,35+,36+/m1/s1. The quantitative estimate of drug-likeness (QED) is 0.210. The first-order valence-electron chi connectivity index (χ1n) is 16.8. The highest BCUT2D eigenvalue weighted by atomic mass is 35.5. The van der Waals surface area contributed by atoms with Gasteiger partial charge in [-0.3, -0.25) is 14.9 Å². The number of likely N-dealkylation sites (N-methyl/N-ethyl adjacent to an activating group) is 1. The number of methoxy groups -OCH3 is 2. The molecule has 3 heterocycles. The number of ether oxygens (including phenoxy) is 5. The van der Waals surface area contributed by atoms with Crippen LogP contribution in [0.3, 0.4) is 0 Å². The molecular weight excluding hydrogens is 702 g/mol.